The maximum Gasteiger partial charge on any atom is 0.295 e. The number of nitro groups is 1. The van der Waals surface area contributed by atoms with Crippen LogP contribution in [0, 0.1) is 22.9 Å². The Morgan fingerprint density at radius 3 is 2.48 bits per heavy atom. The van der Waals surface area contributed by atoms with Gasteiger partial charge in [-0.2, -0.15) is 0 Å². The Morgan fingerprint density at radius 1 is 1.19 bits per heavy atom. The molecule has 1 amide bonds. The average molecular weight is 370 g/mol. The molecule has 1 N–H and O–H groups in total. The Morgan fingerprint density at radius 2 is 1.85 bits per heavy atom. The molecule has 3 aromatic rings. The summed E-state index contributed by atoms with van der Waals surface area (Å²) in [5, 5.41) is 13.2. The van der Waals surface area contributed by atoms with Crippen molar-refractivity contribution in [3.05, 3.63) is 86.1 Å². The van der Waals surface area contributed by atoms with Crippen molar-refractivity contribution >= 4 is 17.3 Å². The monoisotopic (exact) mass is 370 g/mol. The Hall–Kier alpha value is -3.75. The molecular weight excluding hydrogens is 355 g/mol. The first-order chi connectivity index (χ1) is 12.8. The molecule has 0 bridgehead atoms. The maximum atomic E-state index is 14.0. The van der Waals surface area contributed by atoms with E-state index < -0.39 is 33.5 Å². The van der Waals surface area contributed by atoms with Crippen molar-refractivity contribution in [3.8, 4) is 5.69 Å². The van der Waals surface area contributed by atoms with E-state index in [4.69, 9.17) is 0 Å². The number of hydrogen-bond acceptors (Lipinski definition) is 4. The Labute approximate surface area is 152 Å². The Balaban J connectivity index is 2.02. The highest BCUT2D eigenvalue weighted by Gasteiger charge is 2.22. The Bertz CT molecular complexity index is 1100. The van der Waals surface area contributed by atoms with Crippen LogP contribution in [0.3, 0.4) is 0 Å². The molecule has 0 unspecified atom stereocenters. The molecule has 0 saturated heterocycles. The predicted molar refractivity (Wildman–Crippen MR) is 96.8 cm³/mol. The van der Waals surface area contributed by atoms with Crippen molar-refractivity contribution < 1.29 is 14.1 Å². The van der Waals surface area contributed by atoms with Crippen LogP contribution in [-0.2, 0) is 7.05 Å². The van der Waals surface area contributed by atoms with Gasteiger partial charge in [-0.1, -0.05) is 18.2 Å². The van der Waals surface area contributed by atoms with E-state index in [1.54, 1.807) is 49.0 Å². The topological polar surface area (TPSA) is 99.2 Å². The molecule has 8 nitrogen and oxygen atoms in total. The number of halogens is 1. The van der Waals surface area contributed by atoms with Gasteiger partial charge in [-0.3, -0.25) is 24.4 Å². The van der Waals surface area contributed by atoms with Gasteiger partial charge in [0.25, 0.3) is 17.2 Å². The average Bonchev–Trinajstić information content (AvgIpc) is 2.86. The summed E-state index contributed by atoms with van der Waals surface area (Å²) in [7, 11) is 1.65. The van der Waals surface area contributed by atoms with Crippen LogP contribution in [0.4, 0.5) is 15.8 Å². The zero-order valence-electron chi connectivity index (χ0n) is 14.5. The van der Waals surface area contributed by atoms with Gasteiger partial charge in [0.1, 0.15) is 11.5 Å². The first-order valence-electron chi connectivity index (χ1n) is 7.90. The number of amides is 1. The minimum atomic E-state index is -0.942. The number of nitrogens with one attached hydrogen (secondary N) is 1. The fourth-order valence-electron chi connectivity index (χ4n) is 2.69. The van der Waals surface area contributed by atoms with Gasteiger partial charge >= 0.3 is 0 Å². The van der Waals surface area contributed by atoms with E-state index in [1.807, 2.05) is 0 Å². The highest BCUT2D eigenvalue weighted by atomic mass is 19.1. The van der Waals surface area contributed by atoms with Crippen LogP contribution in [0.15, 0.2) is 53.3 Å². The number of hydrogen-bond donors (Lipinski definition) is 1. The first kappa shape index (κ1) is 18.1. The summed E-state index contributed by atoms with van der Waals surface area (Å²) in [5.41, 5.74) is -0.429. The minimum absolute atomic E-state index is 0.0303. The fourth-order valence-corrected chi connectivity index (χ4v) is 2.69. The molecule has 0 aliphatic carbocycles. The fraction of sp³-hybridized carbons (Fsp3) is 0.111. The van der Waals surface area contributed by atoms with Gasteiger partial charge in [-0.15, -0.1) is 0 Å². The lowest BCUT2D eigenvalue weighted by molar-refractivity contribution is -0.384. The molecule has 0 radical (unpaired) electrons. The van der Waals surface area contributed by atoms with E-state index in [1.165, 1.54) is 4.68 Å². The first-order valence-corrected chi connectivity index (χ1v) is 7.90. The molecule has 0 aliphatic heterocycles. The number of benzene rings is 2. The van der Waals surface area contributed by atoms with Crippen LogP contribution in [0.2, 0.25) is 0 Å². The standard InChI is InChI=1S/C18H15FN4O4/c1-11-16(18(25)22(21(11)2)12-6-4-3-5-7-12)20-17(24)14-10-13(23(26)27)8-9-15(14)19/h3-10H,1-2H3,(H,20,24). The zero-order valence-corrected chi connectivity index (χ0v) is 14.5. The summed E-state index contributed by atoms with van der Waals surface area (Å²) in [4.78, 5) is 35.3. The lowest BCUT2D eigenvalue weighted by Crippen LogP contribution is -2.23. The second kappa shape index (κ2) is 6.87. The normalized spacial score (nSPS) is 10.6. The van der Waals surface area contributed by atoms with Crippen molar-refractivity contribution in [2.45, 2.75) is 6.92 Å². The molecule has 1 heterocycles. The largest absolute Gasteiger partial charge is 0.316 e. The van der Waals surface area contributed by atoms with Crippen LogP contribution in [-0.4, -0.2) is 20.2 Å². The SMILES string of the molecule is Cc1c(NC(=O)c2cc([N+](=O)[O-])ccc2F)c(=O)n(-c2ccccc2)n1C. The van der Waals surface area contributed by atoms with Crippen LogP contribution >= 0.6 is 0 Å². The molecular formula is C18H15FN4O4. The highest BCUT2D eigenvalue weighted by Crippen LogP contribution is 2.19. The Kier molecular flexibility index (Phi) is 4.59. The predicted octanol–water partition coefficient (Wildman–Crippen LogP) is 2.78. The van der Waals surface area contributed by atoms with Crippen molar-refractivity contribution in [2.24, 2.45) is 7.05 Å². The van der Waals surface area contributed by atoms with E-state index in [0.717, 1.165) is 18.2 Å². The summed E-state index contributed by atoms with van der Waals surface area (Å²) < 4.78 is 16.9. The smallest absolute Gasteiger partial charge is 0.295 e. The molecule has 0 saturated carbocycles. The molecule has 2 aromatic carbocycles. The molecule has 1 aromatic heterocycles. The summed E-state index contributed by atoms with van der Waals surface area (Å²) in [6, 6.07) is 11.4. The number of non-ortho nitro benzene ring substituents is 1. The van der Waals surface area contributed by atoms with Crippen molar-refractivity contribution in [1.82, 2.24) is 9.36 Å². The van der Waals surface area contributed by atoms with E-state index in [0.29, 0.717) is 11.4 Å². The van der Waals surface area contributed by atoms with E-state index in [-0.39, 0.29) is 5.69 Å². The molecule has 0 fully saturated rings. The van der Waals surface area contributed by atoms with Gasteiger partial charge in [0.15, 0.2) is 0 Å². The van der Waals surface area contributed by atoms with Crippen LogP contribution in [0.5, 0.6) is 0 Å². The minimum Gasteiger partial charge on any atom is -0.316 e. The van der Waals surface area contributed by atoms with Gasteiger partial charge in [0.05, 0.1) is 21.9 Å². The van der Waals surface area contributed by atoms with Gasteiger partial charge in [-0.25, -0.2) is 9.07 Å². The quantitative estimate of drug-likeness (QED) is 0.564. The van der Waals surface area contributed by atoms with E-state index >= 15 is 0 Å². The molecule has 0 spiro atoms. The van der Waals surface area contributed by atoms with Crippen molar-refractivity contribution in [1.29, 1.82) is 0 Å². The number of rotatable bonds is 4. The molecule has 138 valence electrons. The number of para-hydroxylation sites is 1. The lowest BCUT2D eigenvalue weighted by atomic mass is 10.1. The van der Waals surface area contributed by atoms with Gasteiger partial charge < -0.3 is 5.32 Å². The van der Waals surface area contributed by atoms with Crippen LogP contribution < -0.4 is 10.9 Å². The highest BCUT2D eigenvalue weighted by molar-refractivity contribution is 6.05. The summed E-state index contributed by atoms with van der Waals surface area (Å²) >= 11 is 0. The summed E-state index contributed by atoms with van der Waals surface area (Å²) in [5.74, 6) is -1.86. The van der Waals surface area contributed by atoms with Crippen molar-refractivity contribution in [2.75, 3.05) is 5.32 Å². The number of nitro benzene ring substituents is 1. The number of anilines is 1. The van der Waals surface area contributed by atoms with Crippen molar-refractivity contribution in [3.63, 3.8) is 0 Å². The summed E-state index contributed by atoms with van der Waals surface area (Å²) in [6.45, 7) is 1.63. The van der Waals surface area contributed by atoms with Crippen LogP contribution in [0.1, 0.15) is 16.1 Å². The van der Waals surface area contributed by atoms with E-state index in [9.17, 15) is 24.1 Å². The number of aromatic nitrogens is 2. The molecule has 3 rings (SSSR count). The second-order valence-electron chi connectivity index (χ2n) is 5.81. The number of nitrogens with zero attached hydrogens (tertiary/aromatic N) is 3. The summed E-state index contributed by atoms with van der Waals surface area (Å²) in [6.07, 6.45) is 0. The third-order valence-electron chi connectivity index (χ3n) is 4.20. The zero-order chi connectivity index (χ0) is 19.7. The third-order valence-corrected chi connectivity index (χ3v) is 4.20. The van der Waals surface area contributed by atoms with Crippen LogP contribution in [0.25, 0.3) is 5.69 Å². The molecule has 0 aliphatic rings. The molecule has 9 heteroatoms. The van der Waals surface area contributed by atoms with Gasteiger partial charge in [0, 0.05) is 19.2 Å². The second-order valence-corrected chi connectivity index (χ2v) is 5.81. The molecule has 27 heavy (non-hydrogen) atoms. The maximum absolute atomic E-state index is 14.0. The van der Waals surface area contributed by atoms with Gasteiger partial charge in [0.2, 0.25) is 0 Å². The number of carbonyl (C=O) groups excluding carboxylic acids is 1. The van der Waals surface area contributed by atoms with Gasteiger partial charge in [-0.05, 0) is 25.1 Å². The van der Waals surface area contributed by atoms with E-state index in [2.05, 4.69) is 5.32 Å². The molecule has 0 atom stereocenters. The number of carbonyl (C=O) groups is 1. The third kappa shape index (κ3) is 3.22. The lowest BCUT2D eigenvalue weighted by Gasteiger charge is -2.07.